The molecule has 2 aromatic rings. The van der Waals surface area contributed by atoms with Gasteiger partial charge in [-0.25, -0.2) is 0 Å². The van der Waals surface area contributed by atoms with Gasteiger partial charge >= 0.3 is 0 Å². The molecular formula is C22H31NO2. The summed E-state index contributed by atoms with van der Waals surface area (Å²) >= 11 is 0. The van der Waals surface area contributed by atoms with Gasteiger partial charge < -0.3 is 9.47 Å². The van der Waals surface area contributed by atoms with Crippen molar-refractivity contribution in [2.45, 2.75) is 52.4 Å². The third-order valence-electron chi connectivity index (χ3n) is 4.20. The fourth-order valence-electron chi connectivity index (χ4n) is 2.77. The number of ether oxygens (including phenoxy) is 2. The van der Waals surface area contributed by atoms with E-state index in [1.807, 2.05) is 31.3 Å². The maximum Gasteiger partial charge on any atom is 0.128 e. The van der Waals surface area contributed by atoms with Gasteiger partial charge in [-0.2, -0.15) is 0 Å². The van der Waals surface area contributed by atoms with E-state index in [4.69, 9.17) is 9.47 Å². The van der Waals surface area contributed by atoms with E-state index in [1.54, 1.807) is 0 Å². The van der Waals surface area contributed by atoms with Gasteiger partial charge in [0.15, 0.2) is 0 Å². The Morgan fingerprint density at radius 1 is 0.880 bits per heavy atom. The summed E-state index contributed by atoms with van der Waals surface area (Å²) in [5.41, 5.74) is 3.29. The number of aryl methyl sites for hydroxylation is 1. The molecule has 0 bridgehead atoms. The minimum absolute atomic E-state index is 0.770. The van der Waals surface area contributed by atoms with Crippen molar-refractivity contribution in [1.29, 1.82) is 0 Å². The molecule has 0 aliphatic rings. The average molecular weight is 341 g/mol. The van der Waals surface area contributed by atoms with Crippen molar-refractivity contribution in [2.75, 3.05) is 19.8 Å². The fraction of sp³-hybridized carbons (Fsp3) is 0.500. The van der Waals surface area contributed by atoms with Crippen LogP contribution in [0.1, 0.15) is 51.5 Å². The molecule has 25 heavy (non-hydrogen) atoms. The zero-order valence-corrected chi connectivity index (χ0v) is 15.7. The van der Waals surface area contributed by atoms with Crippen molar-refractivity contribution in [3.63, 3.8) is 0 Å². The van der Waals surface area contributed by atoms with Crippen LogP contribution in [0, 0.1) is 0 Å². The Hall–Kier alpha value is -1.87. The van der Waals surface area contributed by atoms with Crippen molar-refractivity contribution in [2.24, 2.45) is 0 Å². The molecule has 136 valence electrons. The summed E-state index contributed by atoms with van der Waals surface area (Å²) in [4.78, 5) is 4.65. The van der Waals surface area contributed by atoms with Gasteiger partial charge in [0, 0.05) is 25.0 Å². The SMILES string of the molecule is CCCCCCOc1ccccc1-c1ccc(CCCOCC)cn1. The molecule has 0 unspecified atom stereocenters. The first-order valence-electron chi connectivity index (χ1n) is 9.60. The van der Waals surface area contributed by atoms with Gasteiger partial charge in [-0.05, 0) is 49.9 Å². The van der Waals surface area contributed by atoms with E-state index in [2.05, 4.69) is 30.1 Å². The van der Waals surface area contributed by atoms with E-state index >= 15 is 0 Å². The van der Waals surface area contributed by atoms with Crippen LogP contribution in [0.4, 0.5) is 0 Å². The molecule has 3 nitrogen and oxygen atoms in total. The number of pyridine rings is 1. The Morgan fingerprint density at radius 3 is 2.52 bits per heavy atom. The van der Waals surface area contributed by atoms with Crippen molar-refractivity contribution in [3.8, 4) is 17.0 Å². The average Bonchev–Trinajstić information content (AvgIpc) is 2.66. The van der Waals surface area contributed by atoms with Crippen molar-refractivity contribution in [3.05, 3.63) is 48.2 Å². The standard InChI is InChI=1S/C22H31NO2/c1-3-5-6-9-17-25-22-13-8-7-12-20(22)21-15-14-19(18-23-21)11-10-16-24-4-2/h7-8,12-15,18H,3-6,9-11,16-17H2,1-2H3. The molecule has 0 N–H and O–H groups in total. The number of para-hydroxylation sites is 1. The van der Waals surface area contributed by atoms with Crippen LogP contribution < -0.4 is 4.74 Å². The number of nitrogens with zero attached hydrogens (tertiary/aromatic N) is 1. The highest BCUT2D eigenvalue weighted by atomic mass is 16.5. The summed E-state index contributed by atoms with van der Waals surface area (Å²) in [7, 11) is 0. The fourth-order valence-corrected chi connectivity index (χ4v) is 2.77. The van der Waals surface area contributed by atoms with Gasteiger partial charge in [0.05, 0.1) is 12.3 Å². The topological polar surface area (TPSA) is 31.4 Å². The zero-order chi connectivity index (χ0) is 17.7. The van der Waals surface area contributed by atoms with Crippen molar-refractivity contribution >= 4 is 0 Å². The Balaban J connectivity index is 1.93. The maximum absolute atomic E-state index is 6.00. The predicted molar refractivity (Wildman–Crippen MR) is 104 cm³/mol. The summed E-state index contributed by atoms with van der Waals surface area (Å²) < 4.78 is 11.4. The normalized spacial score (nSPS) is 10.8. The second-order valence-corrected chi connectivity index (χ2v) is 6.26. The largest absolute Gasteiger partial charge is 0.493 e. The summed E-state index contributed by atoms with van der Waals surface area (Å²) in [6.07, 6.45) is 8.87. The number of hydrogen-bond acceptors (Lipinski definition) is 3. The highest BCUT2D eigenvalue weighted by Crippen LogP contribution is 2.28. The van der Waals surface area contributed by atoms with E-state index in [-0.39, 0.29) is 0 Å². The van der Waals surface area contributed by atoms with E-state index in [9.17, 15) is 0 Å². The first-order valence-corrected chi connectivity index (χ1v) is 9.60. The molecule has 0 saturated heterocycles. The second-order valence-electron chi connectivity index (χ2n) is 6.26. The molecule has 0 spiro atoms. The lowest BCUT2D eigenvalue weighted by Crippen LogP contribution is -2.00. The highest BCUT2D eigenvalue weighted by Gasteiger charge is 2.07. The summed E-state index contributed by atoms with van der Waals surface area (Å²) in [6, 6.07) is 12.4. The number of aromatic nitrogens is 1. The Kier molecular flexibility index (Phi) is 9.06. The second kappa shape index (κ2) is 11.6. The number of rotatable bonds is 12. The van der Waals surface area contributed by atoms with Gasteiger partial charge in [-0.15, -0.1) is 0 Å². The molecule has 1 heterocycles. The molecule has 0 aliphatic carbocycles. The van der Waals surface area contributed by atoms with Crippen LogP contribution in [0.2, 0.25) is 0 Å². The molecule has 3 heteroatoms. The van der Waals surface area contributed by atoms with Crippen LogP contribution in [0.3, 0.4) is 0 Å². The van der Waals surface area contributed by atoms with E-state index in [1.165, 1.54) is 24.8 Å². The third kappa shape index (κ3) is 6.87. The van der Waals surface area contributed by atoms with E-state index in [0.29, 0.717) is 0 Å². The molecule has 0 radical (unpaired) electrons. The van der Waals surface area contributed by atoms with Crippen LogP contribution >= 0.6 is 0 Å². The number of hydrogen-bond donors (Lipinski definition) is 0. The summed E-state index contributed by atoms with van der Waals surface area (Å²) in [6.45, 7) is 6.62. The van der Waals surface area contributed by atoms with Gasteiger partial charge in [0.25, 0.3) is 0 Å². The van der Waals surface area contributed by atoms with Crippen LogP contribution in [-0.2, 0) is 11.2 Å². The van der Waals surface area contributed by atoms with Crippen molar-refractivity contribution < 1.29 is 9.47 Å². The third-order valence-corrected chi connectivity index (χ3v) is 4.20. The first-order chi connectivity index (χ1) is 12.3. The van der Waals surface area contributed by atoms with Gasteiger partial charge in [0.2, 0.25) is 0 Å². The number of unbranched alkanes of at least 4 members (excludes halogenated alkanes) is 3. The summed E-state index contributed by atoms with van der Waals surface area (Å²) in [5, 5.41) is 0. The monoisotopic (exact) mass is 341 g/mol. The quantitative estimate of drug-likeness (QED) is 0.466. The molecule has 2 rings (SSSR count). The lowest BCUT2D eigenvalue weighted by Gasteiger charge is -2.11. The molecule has 0 saturated carbocycles. The van der Waals surface area contributed by atoms with Crippen LogP contribution in [0.5, 0.6) is 5.75 Å². The molecule has 0 amide bonds. The highest BCUT2D eigenvalue weighted by molar-refractivity contribution is 5.67. The summed E-state index contributed by atoms with van der Waals surface area (Å²) in [5.74, 6) is 0.926. The smallest absolute Gasteiger partial charge is 0.128 e. The molecular weight excluding hydrogens is 310 g/mol. The molecule has 1 aromatic carbocycles. The molecule has 0 atom stereocenters. The van der Waals surface area contributed by atoms with Gasteiger partial charge in [0.1, 0.15) is 5.75 Å². The Bertz CT molecular complexity index is 595. The van der Waals surface area contributed by atoms with E-state index in [0.717, 1.165) is 56.1 Å². The Labute approximate surface area is 152 Å². The molecule has 1 aromatic heterocycles. The minimum atomic E-state index is 0.770. The minimum Gasteiger partial charge on any atom is -0.493 e. The molecule has 0 aliphatic heterocycles. The maximum atomic E-state index is 6.00. The molecule has 0 fully saturated rings. The van der Waals surface area contributed by atoms with E-state index < -0.39 is 0 Å². The number of benzene rings is 1. The Morgan fingerprint density at radius 2 is 1.76 bits per heavy atom. The first kappa shape index (κ1) is 19.5. The van der Waals surface area contributed by atoms with Crippen LogP contribution in [0.25, 0.3) is 11.3 Å². The van der Waals surface area contributed by atoms with Crippen LogP contribution in [-0.4, -0.2) is 24.8 Å². The van der Waals surface area contributed by atoms with Crippen LogP contribution in [0.15, 0.2) is 42.6 Å². The van der Waals surface area contributed by atoms with Gasteiger partial charge in [-0.3, -0.25) is 4.98 Å². The van der Waals surface area contributed by atoms with Crippen molar-refractivity contribution in [1.82, 2.24) is 4.98 Å². The zero-order valence-electron chi connectivity index (χ0n) is 15.7. The lowest BCUT2D eigenvalue weighted by atomic mass is 10.1. The lowest BCUT2D eigenvalue weighted by molar-refractivity contribution is 0.145. The van der Waals surface area contributed by atoms with Gasteiger partial charge in [-0.1, -0.05) is 44.4 Å². The predicted octanol–water partition coefficient (Wildman–Crippen LogP) is 5.68.